The van der Waals surface area contributed by atoms with Gasteiger partial charge in [0.25, 0.3) is 0 Å². The van der Waals surface area contributed by atoms with Crippen molar-refractivity contribution < 1.29 is 9.59 Å². The van der Waals surface area contributed by atoms with E-state index in [1.807, 2.05) is 41.4 Å². The zero-order chi connectivity index (χ0) is 21.8. The van der Waals surface area contributed by atoms with Crippen molar-refractivity contribution in [3.8, 4) is 0 Å². The van der Waals surface area contributed by atoms with Gasteiger partial charge in [-0.25, -0.2) is 0 Å². The van der Waals surface area contributed by atoms with E-state index in [1.54, 1.807) is 11.8 Å². The monoisotopic (exact) mass is 416 g/mol. The molecule has 0 N–H and O–H groups in total. The molecule has 0 bridgehead atoms. The third kappa shape index (κ3) is 5.07. The van der Waals surface area contributed by atoms with Gasteiger partial charge in [0, 0.05) is 26.2 Å². The van der Waals surface area contributed by atoms with E-state index < -0.39 is 0 Å². The summed E-state index contributed by atoms with van der Waals surface area (Å²) in [7, 11) is 0. The number of fused-ring (bicyclic) bond motifs is 1. The van der Waals surface area contributed by atoms with Gasteiger partial charge in [0.05, 0.1) is 12.5 Å². The van der Waals surface area contributed by atoms with E-state index in [2.05, 4.69) is 31.2 Å². The van der Waals surface area contributed by atoms with Crippen molar-refractivity contribution in [2.75, 3.05) is 13.1 Å². The first kappa shape index (κ1) is 21.4. The molecule has 4 rings (SSSR count). The van der Waals surface area contributed by atoms with Crippen LogP contribution in [0.2, 0.25) is 0 Å². The molecule has 1 atom stereocenters. The molecule has 2 amide bonds. The summed E-state index contributed by atoms with van der Waals surface area (Å²) in [5.41, 5.74) is 4.85. The third-order valence-electron chi connectivity index (χ3n) is 6.77. The molecule has 1 fully saturated rings. The van der Waals surface area contributed by atoms with Crippen LogP contribution in [0.5, 0.6) is 0 Å². The maximum absolute atomic E-state index is 13.1. The van der Waals surface area contributed by atoms with Crippen molar-refractivity contribution in [3.63, 3.8) is 0 Å². The molecule has 2 heterocycles. The van der Waals surface area contributed by atoms with Crippen molar-refractivity contribution in [1.29, 1.82) is 0 Å². The van der Waals surface area contributed by atoms with E-state index in [-0.39, 0.29) is 17.9 Å². The van der Waals surface area contributed by atoms with Gasteiger partial charge < -0.3 is 9.80 Å². The van der Waals surface area contributed by atoms with Crippen molar-refractivity contribution in [2.45, 2.75) is 52.0 Å². The zero-order valence-corrected chi connectivity index (χ0v) is 18.6. The lowest BCUT2D eigenvalue weighted by molar-refractivity contribution is -0.135. The molecular formula is C27H32N2O2. The molecule has 4 nitrogen and oxygen atoms in total. The van der Waals surface area contributed by atoms with Crippen molar-refractivity contribution >= 4 is 17.9 Å². The largest absolute Gasteiger partial charge is 0.343 e. The summed E-state index contributed by atoms with van der Waals surface area (Å²) in [5.74, 6) is 0.800. The molecule has 0 aliphatic carbocycles. The summed E-state index contributed by atoms with van der Waals surface area (Å²) < 4.78 is 0. The third-order valence-corrected chi connectivity index (χ3v) is 6.77. The summed E-state index contributed by atoms with van der Waals surface area (Å²) in [5, 5.41) is 0. The minimum atomic E-state index is -0.217. The molecule has 162 valence electrons. The van der Waals surface area contributed by atoms with Gasteiger partial charge in [-0.15, -0.1) is 0 Å². The molecule has 31 heavy (non-hydrogen) atoms. The van der Waals surface area contributed by atoms with Gasteiger partial charge in [0.15, 0.2) is 0 Å². The SMILES string of the molecule is CC(=O)N1C=Cc2ccccc2[C@@H]1CC(=O)N1CCC(CCc2ccc(C)cc2)CC1. The highest BCUT2D eigenvalue weighted by Crippen LogP contribution is 2.34. The minimum Gasteiger partial charge on any atom is -0.343 e. The first-order valence-electron chi connectivity index (χ1n) is 11.4. The van der Waals surface area contributed by atoms with Crippen LogP contribution in [-0.2, 0) is 16.0 Å². The number of carbonyl (C=O) groups is 2. The molecule has 1 saturated heterocycles. The van der Waals surface area contributed by atoms with Crippen LogP contribution in [0.1, 0.15) is 60.9 Å². The van der Waals surface area contributed by atoms with Crippen LogP contribution in [-0.4, -0.2) is 34.7 Å². The van der Waals surface area contributed by atoms with Crippen molar-refractivity contribution in [3.05, 3.63) is 77.0 Å². The first-order chi connectivity index (χ1) is 15.0. The number of amides is 2. The Labute approximate surface area is 185 Å². The second-order valence-corrected chi connectivity index (χ2v) is 8.94. The Morgan fingerprint density at radius 2 is 1.71 bits per heavy atom. The van der Waals surface area contributed by atoms with E-state index in [0.29, 0.717) is 12.3 Å². The normalized spacial score (nSPS) is 18.7. The Hall–Kier alpha value is -2.88. The van der Waals surface area contributed by atoms with Crippen LogP contribution < -0.4 is 0 Å². The van der Waals surface area contributed by atoms with Gasteiger partial charge in [0.2, 0.25) is 11.8 Å². The summed E-state index contributed by atoms with van der Waals surface area (Å²) in [6.45, 7) is 5.33. The summed E-state index contributed by atoms with van der Waals surface area (Å²) in [4.78, 5) is 29.0. The van der Waals surface area contributed by atoms with Gasteiger partial charge in [-0.2, -0.15) is 0 Å². The predicted octanol–water partition coefficient (Wildman–Crippen LogP) is 5.13. The molecule has 2 aliphatic rings. The van der Waals surface area contributed by atoms with Crippen molar-refractivity contribution in [1.82, 2.24) is 9.80 Å². The lowest BCUT2D eigenvalue weighted by Gasteiger charge is -2.36. The molecule has 0 aromatic heterocycles. The van der Waals surface area contributed by atoms with Gasteiger partial charge in [-0.05, 0) is 61.3 Å². The number of hydrogen-bond donors (Lipinski definition) is 0. The van der Waals surface area contributed by atoms with Gasteiger partial charge in [-0.1, -0.05) is 54.1 Å². The second kappa shape index (κ2) is 9.51. The number of benzene rings is 2. The highest BCUT2D eigenvalue weighted by Gasteiger charge is 2.31. The fraction of sp³-hybridized carbons (Fsp3) is 0.407. The molecule has 0 unspecified atom stereocenters. The van der Waals surface area contributed by atoms with Crippen LogP contribution in [0.3, 0.4) is 0 Å². The van der Waals surface area contributed by atoms with E-state index in [4.69, 9.17) is 0 Å². The van der Waals surface area contributed by atoms with E-state index in [9.17, 15) is 9.59 Å². The quantitative estimate of drug-likeness (QED) is 0.678. The summed E-state index contributed by atoms with van der Waals surface area (Å²) >= 11 is 0. The smallest absolute Gasteiger partial charge is 0.225 e. The zero-order valence-electron chi connectivity index (χ0n) is 18.6. The van der Waals surface area contributed by atoms with Crippen LogP contribution >= 0.6 is 0 Å². The number of likely N-dealkylation sites (tertiary alicyclic amines) is 1. The van der Waals surface area contributed by atoms with Crippen LogP contribution in [0.15, 0.2) is 54.7 Å². The molecule has 0 spiro atoms. The number of hydrogen-bond acceptors (Lipinski definition) is 2. The van der Waals surface area contributed by atoms with E-state index >= 15 is 0 Å². The molecule has 0 saturated carbocycles. The maximum Gasteiger partial charge on any atom is 0.225 e. The highest BCUT2D eigenvalue weighted by molar-refractivity contribution is 5.82. The van der Waals surface area contributed by atoms with Crippen LogP contribution in [0, 0.1) is 12.8 Å². The Balaban J connectivity index is 1.32. The lowest BCUT2D eigenvalue weighted by Crippen LogP contribution is -2.41. The number of aryl methyl sites for hydroxylation is 2. The molecule has 2 aliphatic heterocycles. The molecule has 2 aromatic carbocycles. The van der Waals surface area contributed by atoms with Crippen molar-refractivity contribution in [2.24, 2.45) is 5.92 Å². The number of carbonyl (C=O) groups excluding carboxylic acids is 2. The second-order valence-electron chi connectivity index (χ2n) is 8.94. The molecular weight excluding hydrogens is 384 g/mol. The van der Waals surface area contributed by atoms with Crippen LogP contribution in [0.4, 0.5) is 0 Å². The fourth-order valence-corrected chi connectivity index (χ4v) is 4.80. The minimum absolute atomic E-state index is 0.0293. The molecule has 2 aromatic rings. The Morgan fingerprint density at radius 3 is 2.42 bits per heavy atom. The Morgan fingerprint density at radius 1 is 1.00 bits per heavy atom. The predicted molar refractivity (Wildman–Crippen MR) is 124 cm³/mol. The van der Waals surface area contributed by atoms with Gasteiger partial charge in [0.1, 0.15) is 0 Å². The topological polar surface area (TPSA) is 40.6 Å². The number of rotatable bonds is 5. The number of nitrogens with zero attached hydrogens (tertiary/aromatic N) is 2. The van der Waals surface area contributed by atoms with Crippen LogP contribution in [0.25, 0.3) is 6.08 Å². The van der Waals surface area contributed by atoms with E-state index in [1.165, 1.54) is 17.5 Å². The van der Waals surface area contributed by atoms with Gasteiger partial charge >= 0.3 is 0 Å². The molecule has 0 radical (unpaired) electrons. The van der Waals surface area contributed by atoms with Gasteiger partial charge in [-0.3, -0.25) is 9.59 Å². The lowest BCUT2D eigenvalue weighted by atomic mass is 9.89. The Bertz CT molecular complexity index is 955. The summed E-state index contributed by atoms with van der Waals surface area (Å²) in [6.07, 6.45) is 8.54. The maximum atomic E-state index is 13.1. The summed E-state index contributed by atoms with van der Waals surface area (Å²) in [6, 6.07) is 16.6. The molecule has 4 heteroatoms. The first-order valence-corrected chi connectivity index (χ1v) is 11.4. The van der Waals surface area contributed by atoms with E-state index in [0.717, 1.165) is 43.5 Å². The standard InChI is InChI=1S/C27H32N2O2/c1-20-7-9-22(10-8-20)11-12-23-13-16-28(17-14-23)27(31)19-26-25-6-4-3-5-24(25)15-18-29(26)21(2)30/h3-10,15,18,23,26H,11-14,16-17,19H2,1-2H3/t26-/m0/s1. The Kier molecular flexibility index (Phi) is 6.55. The average Bonchev–Trinajstić information content (AvgIpc) is 2.79. The highest BCUT2D eigenvalue weighted by atomic mass is 16.2. The fourth-order valence-electron chi connectivity index (χ4n) is 4.80. The number of piperidine rings is 1. The average molecular weight is 417 g/mol.